The zero-order chi connectivity index (χ0) is 14.1. The van der Waals surface area contributed by atoms with Crippen LogP contribution in [0.5, 0.6) is 11.5 Å². The molecule has 106 valence electrons. The smallest absolute Gasteiger partial charge is 0.161 e. The van der Waals surface area contributed by atoms with Crippen LogP contribution in [0.15, 0.2) is 24.3 Å². The lowest BCUT2D eigenvalue weighted by Gasteiger charge is -2.21. The van der Waals surface area contributed by atoms with Crippen LogP contribution in [0.2, 0.25) is 8.67 Å². The van der Waals surface area contributed by atoms with Crippen LogP contribution in [0.1, 0.15) is 17.2 Å². The number of hydrazine groups is 1. The van der Waals surface area contributed by atoms with Gasteiger partial charge < -0.3 is 9.47 Å². The molecule has 2 aromatic rings. The molecule has 20 heavy (non-hydrogen) atoms. The molecular formula is C13H12Cl2N2O2S. The van der Waals surface area contributed by atoms with Crippen LogP contribution in [0.3, 0.4) is 0 Å². The number of benzene rings is 1. The second-order valence-electron chi connectivity index (χ2n) is 4.28. The molecular weight excluding hydrogens is 319 g/mol. The average Bonchev–Trinajstić information content (AvgIpc) is 2.78. The Bertz CT molecular complexity index is 633. The van der Waals surface area contributed by atoms with Crippen LogP contribution in [-0.4, -0.2) is 13.2 Å². The number of nitrogens with one attached hydrogen (secondary N) is 1. The Morgan fingerprint density at radius 2 is 1.90 bits per heavy atom. The van der Waals surface area contributed by atoms with Crippen LogP contribution in [0, 0.1) is 0 Å². The molecule has 3 rings (SSSR count). The number of ether oxygens (including phenoxy) is 2. The minimum Gasteiger partial charge on any atom is -0.486 e. The summed E-state index contributed by atoms with van der Waals surface area (Å²) in [5, 5.41) is 0. The van der Waals surface area contributed by atoms with E-state index in [2.05, 4.69) is 5.43 Å². The molecule has 1 atom stereocenters. The van der Waals surface area contributed by atoms with Gasteiger partial charge >= 0.3 is 0 Å². The third-order valence-electron chi connectivity index (χ3n) is 3.06. The summed E-state index contributed by atoms with van der Waals surface area (Å²) in [6.07, 6.45) is 0. The standard InChI is InChI=1S/C13H12Cl2N2O2S/c14-11-6-8(13(15)20-11)12(17-16)7-1-2-9-10(5-7)19-4-3-18-9/h1-2,5-6,12,17H,3-4,16H2. The summed E-state index contributed by atoms with van der Waals surface area (Å²) in [5.41, 5.74) is 4.55. The van der Waals surface area contributed by atoms with Gasteiger partial charge in [0.05, 0.1) is 14.7 Å². The van der Waals surface area contributed by atoms with E-state index in [1.807, 2.05) is 24.3 Å². The lowest BCUT2D eigenvalue weighted by molar-refractivity contribution is 0.171. The van der Waals surface area contributed by atoms with Crippen molar-refractivity contribution in [2.45, 2.75) is 6.04 Å². The summed E-state index contributed by atoms with van der Waals surface area (Å²) in [4.78, 5) is 0. The van der Waals surface area contributed by atoms with Gasteiger partial charge in [0.25, 0.3) is 0 Å². The fourth-order valence-electron chi connectivity index (χ4n) is 2.15. The highest BCUT2D eigenvalue weighted by Crippen LogP contribution is 2.39. The van der Waals surface area contributed by atoms with Crippen LogP contribution >= 0.6 is 34.5 Å². The van der Waals surface area contributed by atoms with Gasteiger partial charge in [0.1, 0.15) is 13.2 Å². The summed E-state index contributed by atoms with van der Waals surface area (Å²) in [5.74, 6) is 7.13. The second-order valence-corrected chi connectivity index (χ2v) is 6.57. The van der Waals surface area contributed by atoms with Gasteiger partial charge in [-0.25, -0.2) is 5.43 Å². The van der Waals surface area contributed by atoms with Gasteiger partial charge in [-0.2, -0.15) is 0 Å². The first-order valence-corrected chi connectivity index (χ1v) is 7.56. The van der Waals surface area contributed by atoms with Gasteiger partial charge in [-0.1, -0.05) is 29.3 Å². The highest BCUT2D eigenvalue weighted by atomic mass is 35.5. The quantitative estimate of drug-likeness (QED) is 0.669. The molecule has 0 radical (unpaired) electrons. The largest absolute Gasteiger partial charge is 0.486 e. The van der Waals surface area contributed by atoms with Crippen LogP contribution < -0.4 is 20.7 Å². The topological polar surface area (TPSA) is 56.5 Å². The Morgan fingerprint density at radius 3 is 2.55 bits per heavy atom. The van der Waals surface area contributed by atoms with E-state index in [0.29, 0.717) is 27.6 Å². The highest BCUT2D eigenvalue weighted by Gasteiger charge is 2.21. The van der Waals surface area contributed by atoms with Crippen molar-refractivity contribution in [2.75, 3.05) is 13.2 Å². The van der Waals surface area contributed by atoms with Crippen LogP contribution in [0.4, 0.5) is 0 Å². The Balaban J connectivity index is 1.99. The number of fused-ring (bicyclic) bond motifs is 1. The normalized spacial score (nSPS) is 15.2. The van der Waals surface area contributed by atoms with E-state index in [9.17, 15) is 0 Å². The third kappa shape index (κ3) is 2.60. The molecule has 1 aliphatic rings. The summed E-state index contributed by atoms with van der Waals surface area (Å²) in [6.45, 7) is 1.11. The van der Waals surface area contributed by atoms with Gasteiger partial charge in [0, 0.05) is 5.56 Å². The van der Waals surface area contributed by atoms with Gasteiger partial charge in [-0.3, -0.25) is 5.84 Å². The highest BCUT2D eigenvalue weighted by molar-refractivity contribution is 7.20. The fraction of sp³-hybridized carbons (Fsp3) is 0.231. The lowest BCUT2D eigenvalue weighted by Crippen LogP contribution is -2.29. The predicted molar refractivity (Wildman–Crippen MR) is 80.9 cm³/mol. The molecule has 0 amide bonds. The number of hydrogen-bond donors (Lipinski definition) is 2. The van der Waals surface area contributed by atoms with Crippen molar-refractivity contribution in [3.63, 3.8) is 0 Å². The average molecular weight is 331 g/mol. The SMILES string of the molecule is NNC(c1ccc2c(c1)OCCO2)c1cc(Cl)sc1Cl. The number of halogens is 2. The third-order valence-corrected chi connectivity index (χ3v) is 4.58. The van der Waals surface area contributed by atoms with E-state index in [0.717, 1.165) is 16.9 Å². The maximum absolute atomic E-state index is 6.19. The number of hydrogen-bond acceptors (Lipinski definition) is 5. The first kappa shape index (κ1) is 14.0. The van der Waals surface area contributed by atoms with Crippen molar-refractivity contribution in [1.29, 1.82) is 0 Å². The van der Waals surface area contributed by atoms with Gasteiger partial charge in [-0.05, 0) is 23.8 Å². The van der Waals surface area contributed by atoms with Crippen molar-refractivity contribution < 1.29 is 9.47 Å². The maximum Gasteiger partial charge on any atom is 0.161 e. The second kappa shape index (κ2) is 5.79. The van der Waals surface area contributed by atoms with E-state index < -0.39 is 0 Å². The minimum atomic E-state index is -0.248. The van der Waals surface area contributed by atoms with Crippen LogP contribution in [0.25, 0.3) is 0 Å². The molecule has 1 aromatic heterocycles. The van der Waals surface area contributed by atoms with E-state index in [1.165, 1.54) is 11.3 Å². The van der Waals surface area contributed by atoms with Crippen molar-refractivity contribution in [3.05, 3.63) is 44.1 Å². The van der Waals surface area contributed by atoms with Crippen molar-refractivity contribution in [3.8, 4) is 11.5 Å². The summed E-state index contributed by atoms with van der Waals surface area (Å²) in [7, 11) is 0. The first-order valence-electron chi connectivity index (χ1n) is 5.99. The minimum absolute atomic E-state index is 0.248. The molecule has 0 aliphatic carbocycles. The molecule has 4 nitrogen and oxygen atoms in total. The van der Waals surface area contributed by atoms with Gasteiger partial charge in [0.2, 0.25) is 0 Å². The van der Waals surface area contributed by atoms with Crippen LogP contribution in [-0.2, 0) is 0 Å². The maximum atomic E-state index is 6.19. The van der Waals surface area contributed by atoms with E-state index in [4.69, 9.17) is 38.5 Å². The molecule has 1 aliphatic heterocycles. The molecule has 3 N–H and O–H groups in total. The zero-order valence-electron chi connectivity index (χ0n) is 10.4. The lowest BCUT2D eigenvalue weighted by atomic mass is 10.0. The molecule has 0 saturated carbocycles. The number of nitrogens with two attached hydrogens (primary N) is 1. The van der Waals surface area contributed by atoms with E-state index in [-0.39, 0.29) is 6.04 Å². The summed E-state index contributed by atoms with van der Waals surface area (Å²) < 4.78 is 12.3. The predicted octanol–water partition coefficient (Wildman–Crippen LogP) is 3.38. The Hall–Kier alpha value is -0.980. The molecule has 1 aromatic carbocycles. The van der Waals surface area contributed by atoms with Gasteiger partial charge in [0.15, 0.2) is 11.5 Å². The van der Waals surface area contributed by atoms with Crippen molar-refractivity contribution in [2.24, 2.45) is 5.84 Å². The molecule has 0 spiro atoms. The number of thiophene rings is 1. The van der Waals surface area contributed by atoms with E-state index in [1.54, 1.807) is 0 Å². The molecule has 0 fully saturated rings. The molecule has 2 heterocycles. The Labute approximate surface area is 130 Å². The van der Waals surface area contributed by atoms with Gasteiger partial charge in [-0.15, -0.1) is 11.3 Å². The van der Waals surface area contributed by atoms with Crippen molar-refractivity contribution in [1.82, 2.24) is 5.43 Å². The summed E-state index contributed by atoms with van der Waals surface area (Å²) >= 11 is 13.5. The first-order chi connectivity index (χ1) is 9.69. The molecule has 0 saturated heterocycles. The molecule has 0 bridgehead atoms. The number of rotatable bonds is 3. The zero-order valence-corrected chi connectivity index (χ0v) is 12.7. The monoisotopic (exact) mass is 330 g/mol. The molecule has 1 unspecified atom stereocenters. The molecule has 7 heteroatoms. The summed E-state index contributed by atoms with van der Waals surface area (Å²) in [6, 6.07) is 7.27. The fourth-order valence-corrected chi connectivity index (χ4v) is 3.69. The Kier molecular flexibility index (Phi) is 4.05. The van der Waals surface area contributed by atoms with E-state index >= 15 is 0 Å². The van der Waals surface area contributed by atoms with Crippen molar-refractivity contribution >= 4 is 34.5 Å². The Morgan fingerprint density at radius 1 is 1.15 bits per heavy atom.